The highest BCUT2D eigenvalue weighted by Gasteiger charge is 2.21. The average Bonchev–Trinajstić information content (AvgIpc) is 2.78. The first-order chi connectivity index (χ1) is 8.40. The van der Waals surface area contributed by atoms with Crippen LogP contribution in [0, 0.1) is 0 Å². The van der Waals surface area contributed by atoms with Crippen LogP contribution >= 0.6 is 0 Å². The van der Waals surface area contributed by atoms with E-state index >= 15 is 0 Å². The van der Waals surface area contributed by atoms with Gasteiger partial charge in [-0.15, -0.1) is 0 Å². The number of H-pyrrole nitrogens is 1. The number of aromatic carboxylic acids is 1. The van der Waals surface area contributed by atoms with Crippen LogP contribution in [0.3, 0.4) is 0 Å². The van der Waals surface area contributed by atoms with Crippen molar-refractivity contribution < 1.29 is 18.3 Å². The topological polar surface area (TPSA) is 99.3 Å². The van der Waals surface area contributed by atoms with Gasteiger partial charge < -0.3 is 10.1 Å². The van der Waals surface area contributed by atoms with Crippen molar-refractivity contribution in [1.29, 1.82) is 0 Å². The van der Waals surface area contributed by atoms with Crippen molar-refractivity contribution in [3.8, 4) is 0 Å². The predicted molar refractivity (Wildman–Crippen MR) is 67.1 cm³/mol. The van der Waals surface area contributed by atoms with Gasteiger partial charge in [0, 0.05) is 12.2 Å². The second-order valence-electron chi connectivity index (χ2n) is 4.07. The Morgan fingerprint density at radius 1 is 1.50 bits per heavy atom. The molecule has 0 saturated heterocycles. The summed E-state index contributed by atoms with van der Waals surface area (Å²) < 4.78 is 26.5. The van der Waals surface area contributed by atoms with E-state index in [0.29, 0.717) is 6.42 Å². The molecule has 0 aliphatic heterocycles. The molecule has 3 N–H and O–H groups in total. The molecule has 1 heterocycles. The third kappa shape index (κ3) is 3.58. The molecule has 18 heavy (non-hydrogen) atoms. The second-order valence-corrected chi connectivity index (χ2v) is 5.78. The summed E-state index contributed by atoms with van der Waals surface area (Å²) in [5.74, 6) is -1.18. The number of rotatable bonds is 7. The maximum atomic E-state index is 12.0. The SMILES string of the molecule is CCCC(CC)NS(=O)(=O)c1c[nH]c(C(=O)O)c1. The summed E-state index contributed by atoms with van der Waals surface area (Å²) in [6, 6.07) is 0.992. The molecule has 0 radical (unpaired) electrons. The zero-order valence-electron chi connectivity index (χ0n) is 10.4. The van der Waals surface area contributed by atoms with E-state index in [-0.39, 0.29) is 16.6 Å². The van der Waals surface area contributed by atoms with E-state index in [1.54, 1.807) is 0 Å². The highest BCUT2D eigenvalue weighted by atomic mass is 32.2. The van der Waals surface area contributed by atoms with Crippen LogP contribution in [0.15, 0.2) is 17.2 Å². The van der Waals surface area contributed by atoms with Crippen molar-refractivity contribution in [1.82, 2.24) is 9.71 Å². The van der Waals surface area contributed by atoms with E-state index in [2.05, 4.69) is 9.71 Å². The molecule has 1 aromatic heterocycles. The van der Waals surface area contributed by atoms with E-state index in [1.807, 2.05) is 13.8 Å². The number of hydrogen-bond donors (Lipinski definition) is 3. The number of carbonyl (C=O) groups is 1. The van der Waals surface area contributed by atoms with Crippen molar-refractivity contribution in [2.45, 2.75) is 44.0 Å². The summed E-state index contributed by atoms with van der Waals surface area (Å²) in [4.78, 5) is 13.0. The molecule has 0 aromatic carbocycles. The first kappa shape index (κ1) is 14.7. The van der Waals surface area contributed by atoms with Gasteiger partial charge in [-0.2, -0.15) is 0 Å². The quantitative estimate of drug-likeness (QED) is 0.702. The molecule has 1 rings (SSSR count). The molecule has 102 valence electrons. The molecule has 6 nitrogen and oxygen atoms in total. The highest BCUT2D eigenvalue weighted by Crippen LogP contribution is 2.13. The molecule has 0 aliphatic rings. The lowest BCUT2D eigenvalue weighted by Crippen LogP contribution is -2.34. The standard InChI is InChI=1S/C11H18N2O4S/c1-3-5-8(4-2)13-18(16,17)9-6-10(11(14)15)12-7-9/h6-8,12-13H,3-5H2,1-2H3,(H,14,15). The smallest absolute Gasteiger partial charge is 0.352 e. The molecular weight excluding hydrogens is 256 g/mol. The highest BCUT2D eigenvalue weighted by molar-refractivity contribution is 7.89. The number of nitrogens with one attached hydrogen (secondary N) is 2. The van der Waals surface area contributed by atoms with Crippen molar-refractivity contribution in [2.75, 3.05) is 0 Å². The normalized spacial score (nSPS) is 13.4. The van der Waals surface area contributed by atoms with E-state index in [0.717, 1.165) is 18.9 Å². The minimum absolute atomic E-state index is 0.0468. The third-order valence-corrected chi connectivity index (χ3v) is 4.15. The maximum absolute atomic E-state index is 12.0. The second kappa shape index (κ2) is 6.01. The van der Waals surface area contributed by atoms with Crippen molar-refractivity contribution in [2.24, 2.45) is 0 Å². The van der Waals surface area contributed by atoms with Crippen LogP contribution in [0.1, 0.15) is 43.6 Å². The number of aromatic amines is 1. The van der Waals surface area contributed by atoms with E-state index in [4.69, 9.17) is 5.11 Å². The Labute approximate surface area is 106 Å². The van der Waals surface area contributed by atoms with Crippen LogP contribution in [0.5, 0.6) is 0 Å². The van der Waals surface area contributed by atoms with Crippen LogP contribution in [-0.4, -0.2) is 30.5 Å². The van der Waals surface area contributed by atoms with Gasteiger partial charge in [0.25, 0.3) is 0 Å². The van der Waals surface area contributed by atoms with Crippen LogP contribution in [-0.2, 0) is 10.0 Å². The van der Waals surface area contributed by atoms with Crippen LogP contribution in [0.25, 0.3) is 0 Å². The third-order valence-electron chi connectivity index (χ3n) is 2.65. The minimum atomic E-state index is -3.65. The van der Waals surface area contributed by atoms with Crippen molar-refractivity contribution in [3.63, 3.8) is 0 Å². The fourth-order valence-corrected chi connectivity index (χ4v) is 2.98. The molecule has 0 amide bonds. The van der Waals surface area contributed by atoms with Crippen LogP contribution in [0.4, 0.5) is 0 Å². The molecular formula is C11H18N2O4S. The number of sulfonamides is 1. The van der Waals surface area contributed by atoms with Gasteiger partial charge >= 0.3 is 5.97 Å². The first-order valence-electron chi connectivity index (χ1n) is 5.84. The van der Waals surface area contributed by atoms with Gasteiger partial charge in [0.05, 0.1) is 0 Å². The molecule has 1 unspecified atom stereocenters. The molecule has 1 aromatic rings. The Morgan fingerprint density at radius 2 is 2.17 bits per heavy atom. The predicted octanol–water partition coefficient (Wildman–Crippen LogP) is 1.57. The Morgan fingerprint density at radius 3 is 2.61 bits per heavy atom. The molecule has 7 heteroatoms. The zero-order chi connectivity index (χ0) is 13.8. The largest absolute Gasteiger partial charge is 0.477 e. The summed E-state index contributed by atoms with van der Waals surface area (Å²) >= 11 is 0. The number of hydrogen-bond acceptors (Lipinski definition) is 3. The average molecular weight is 274 g/mol. The first-order valence-corrected chi connectivity index (χ1v) is 7.33. The number of carboxylic acids is 1. The van der Waals surface area contributed by atoms with Gasteiger partial charge in [-0.1, -0.05) is 20.3 Å². The van der Waals surface area contributed by atoms with Crippen molar-refractivity contribution in [3.05, 3.63) is 18.0 Å². The molecule has 0 aliphatic carbocycles. The van der Waals surface area contributed by atoms with E-state index in [9.17, 15) is 13.2 Å². The summed E-state index contributed by atoms with van der Waals surface area (Å²) in [6.45, 7) is 3.89. The zero-order valence-corrected chi connectivity index (χ0v) is 11.3. The Bertz CT molecular complexity index is 507. The van der Waals surface area contributed by atoms with E-state index in [1.165, 1.54) is 6.20 Å². The molecule has 1 atom stereocenters. The lowest BCUT2D eigenvalue weighted by Gasteiger charge is -2.15. The lowest BCUT2D eigenvalue weighted by atomic mass is 10.1. The molecule has 0 bridgehead atoms. The van der Waals surface area contributed by atoms with Gasteiger partial charge in [-0.25, -0.2) is 17.9 Å². The van der Waals surface area contributed by atoms with Crippen molar-refractivity contribution >= 4 is 16.0 Å². The van der Waals surface area contributed by atoms with Gasteiger partial charge in [-0.05, 0) is 18.9 Å². The minimum Gasteiger partial charge on any atom is -0.477 e. The molecule has 0 spiro atoms. The number of carboxylic acid groups (broad SMARTS) is 1. The number of aromatic nitrogens is 1. The summed E-state index contributed by atoms with van der Waals surface area (Å²) in [7, 11) is -3.65. The fraction of sp³-hybridized carbons (Fsp3) is 0.545. The van der Waals surface area contributed by atoms with Gasteiger partial charge in [-0.3, -0.25) is 0 Å². The molecule has 0 saturated carbocycles. The summed E-state index contributed by atoms with van der Waals surface area (Å²) in [6.07, 6.45) is 3.52. The van der Waals surface area contributed by atoms with Crippen LogP contribution in [0.2, 0.25) is 0 Å². The lowest BCUT2D eigenvalue weighted by molar-refractivity contribution is 0.0691. The summed E-state index contributed by atoms with van der Waals surface area (Å²) in [5, 5.41) is 8.73. The fourth-order valence-electron chi connectivity index (χ4n) is 1.64. The summed E-state index contributed by atoms with van der Waals surface area (Å²) in [5.41, 5.74) is -0.140. The Kier molecular flexibility index (Phi) is 4.92. The van der Waals surface area contributed by atoms with Gasteiger partial charge in [0.1, 0.15) is 10.6 Å². The maximum Gasteiger partial charge on any atom is 0.352 e. The van der Waals surface area contributed by atoms with E-state index < -0.39 is 16.0 Å². The van der Waals surface area contributed by atoms with Crippen LogP contribution < -0.4 is 4.72 Å². The Balaban J connectivity index is 2.88. The van der Waals surface area contributed by atoms with Gasteiger partial charge in [0.2, 0.25) is 10.0 Å². The van der Waals surface area contributed by atoms with Gasteiger partial charge in [0.15, 0.2) is 0 Å². The monoisotopic (exact) mass is 274 g/mol. The Hall–Kier alpha value is -1.34. The molecule has 0 fully saturated rings.